The lowest BCUT2D eigenvalue weighted by Crippen LogP contribution is -2.27. The second-order valence-electron chi connectivity index (χ2n) is 5.74. The third-order valence-corrected chi connectivity index (χ3v) is 3.77. The topological polar surface area (TPSA) is 86.1 Å². The van der Waals surface area contributed by atoms with Gasteiger partial charge in [-0.05, 0) is 13.0 Å². The molecular weight excluding hydrogens is 332 g/mol. The van der Waals surface area contributed by atoms with Crippen LogP contribution in [0.1, 0.15) is 5.56 Å². The van der Waals surface area contributed by atoms with E-state index < -0.39 is 0 Å². The predicted molar refractivity (Wildman–Crippen MR) is 98.1 cm³/mol. The van der Waals surface area contributed by atoms with Crippen LogP contribution >= 0.6 is 0 Å². The van der Waals surface area contributed by atoms with E-state index in [1.807, 2.05) is 31.2 Å². The molecule has 0 fully saturated rings. The first-order valence-electron chi connectivity index (χ1n) is 7.98. The molecule has 2 aromatic heterocycles. The van der Waals surface area contributed by atoms with Crippen molar-refractivity contribution in [3.05, 3.63) is 70.9 Å². The molecule has 3 rings (SSSR count). The van der Waals surface area contributed by atoms with Crippen molar-refractivity contribution in [1.82, 2.24) is 14.5 Å². The normalized spacial score (nSPS) is 10.4. The molecule has 0 unspecified atom stereocenters. The Morgan fingerprint density at radius 1 is 1.12 bits per heavy atom. The Morgan fingerprint density at radius 3 is 2.54 bits per heavy atom. The number of methoxy groups -OCH3 is 1. The van der Waals surface area contributed by atoms with Gasteiger partial charge in [0.15, 0.2) is 0 Å². The Bertz CT molecular complexity index is 963. The van der Waals surface area contributed by atoms with E-state index in [1.165, 1.54) is 24.1 Å². The minimum Gasteiger partial charge on any atom is -0.481 e. The van der Waals surface area contributed by atoms with Crippen LogP contribution in [0.5, 0.6) is 5.88 Å². The number of pyridine rings is 1. The molecule has 0 radical (unpaired) electrons. The number of nitrogens with zero attached hydrogens (tertiary/aromatic N) is 3. The summed E-state index contributed by atoms with van der Waals surface area (Å²) in [4.78, 5) is 32.4. The van der Waals surface area contributed by atoms with Crippen molar-refractivity contribution in [2.45, 2.75) is 13.5 Å². The van der Waals surface area contributed by atoms with Crippen molar-refractivity contribution in [2.24, 2.45) is 0 Å². The fourth-order valence-electron chi connectivity index (χ4n) is 2.37. The van der Waals surface area contributed by atoms with Gasteiger partial charge >= 0.3 is 0 Å². The van der Waals surface area contributed by atoms with Crippen molar-refractivity contribution in [1.29, 1.82) is 0 Å². The Labute approximate surface area is 150 Å². The van der Waals surface area contributed by atoms with E-state index >= 15 is 0 Å². The van der Waals surface area contributed by atoms with Crippen LogP contribution in [0.15, 0.2) is 59.8 Å². The molecule has 0 aliphatic carbocycles. The maximum atomic E-state index is 12.2. The average Bonchev–Trinajstić information content (AvgIpc) is 2.65. The number of carbonyl (C=O) groups is 1. The fourth-order valence-corrected chi connectivity index (χ4v) is 2.37. The summed E-state index contributed by atoms with van der Waals surface area (Å²) < 4.78 is 6.30. The van der Waals surface area contributed by atoms with Crippen LogP contribution in [0, 0.1) is 6.92 Å². The first kappa shape index (κ1) is 17.3. The second-order valence-corrected chi connectivity index (χ2v) is 5.74. The third kappa shape index (κ3) is 4.13. The quantitative estimate of drug-likeness (QED) is 0.763. The van der Waals surface area contributed by atoms with Gasteiger partial charge in [0.25, 0.3) is 5.56 Å². The van der Waals surface area contributed by atoms with E-state index in [9.17, 15) is 9.59 Å². The molecule has 0 saturated carbocycles. The summed E-state index contributed by atoms with van der Waals surface area (Å²) in [6, 6.07) is 11.1. The van der Waals surface area contributed by atoms with E-state index in [0.29, 0.717) is 17.3 Å². The van der Waals surface area contributed by atoms with Crippen LogP contribution in [-0.4, -0.2) is 27.6 Å². The largest absolute Gasteiger partial charge is 0.481 e. The number of nitrogens with one attached hydrogen (secondary N) is 1. The molecule has 0 aliphatic heterocycles. The number of ether oxygens (including phenoxy) is 1. The van der Waals surface area contributed by atoms with Gasteiger partial charge in [0.1, 0.15) is 6.54 Å². The third-order valence-electron chi connectivity index (χ3n) is 3.77. The minimum absolute atomic E-state index is 0.119. The van der Waals surface area contributed by atoms with E-state index in [2.05, 4.69) is 15.3 Å². The van der Waals surface area contributed by atoms with Crippen molar-refractivity contribution in [3.63, 3.8) is 0 Å². The zero-order valence-electron chi connectivity index (χ0n) is 14.5. The lowest BCUT2D eigenvalue weighted by atomic mass is 10.1. The smallest absolute Gasteiger partial charge is 0.269 e. The number of amides is 1. The summed E-state index contributed by atoms with van der Waals surface area (Å²) in [6.45, 7) is 1.88. The van der Waals surface area contributed by atoms with Gasteiger partial charge in [-0.25, -0.2) is 9.97 Å². The van der Waals surface area contributed by atoms with Gasteiger partial charge in [-0.2, -0.15) is 0 Å². The number of carbonyl (C=O) groups excluding carboxylic acids is 1. The van der Waals surface area contributed by atoms with Crippen molar-refractivity contribution < 1.29 is 9.53 Å². The average molecular weight is 350 g/mol. The van der Waals surface area contributed by atoms with Crippen LogP contribution in [0.2, 0.25) is 0 Å². The zero-order valence-corrected chi connectivity index (χ0v) is 14.5. The van der Waals surface area contributed by atoms with Gasteiger partial charge in [-0.1, -0.05) is 29.8 Å². The number of aryl methyl sites for hydroxylation is 1. The first-order chi connectivity index (χ1) is 12.5. The maximum absolute atomic E-state index is 12.2. The van der Waals surface area contributed by atoms with E-state index in [1.54, 1.807) is 18.3 Å². The number of hydrogen-bond acceptors (Lipinski definition) is 5. The van der Waals surface area contributed by atoms with Crippen LogP contribution in [0.3, 0.4) is 0 Å². The number of benzene rings is 1. The Kier molecular flexibility index (Phi) is 5.07. The Hall–Kier alpha value is -3.48. The molecule has 2 heterocycles. The zero-order chi connectivity index (χ0) is 18.5. The summed E-state index contributed by atoms with van der Waals surface area (Å²) in [6.07, 6.45) is 4.29. The molecule has 0 saturated heterocycles. The maximum Gasteiger partial charge on any atom is 0.269 e. The van der Waals surface area contributed by atoms with Crippen molar-refractivity contribution in [3.8, 4) is 17.1 Å². The first-order valence-corrected chi connectivity index (χ1v) is 7.98. The molecule has 1 N–H and O–H groups in total. The highest BCUT2D eigenvalue weighted by Crippen LogP contribution is 2.16. The molecule has 0 atom stereocenters. The van der Waals surface area contributed by atoms with E-state index in [4.69, 9.17) is 4.74 Å². The molecule has 3 aromatic rings. The van der Waals surface area contributed by atoms with E-state index in [-0.39, 0.29) is 18.0 Å². The second kappa shape index (κ2) is 7.60. The van der Waals surface area contributed by atoms with Gasteiger partial charge in [0, 0.05) is 17.8 Å². The molecule has 0 bridgehead atoms. The van der Waals surface area contributed by atoms with Gasteiger partial charge < -0.3 is 14.6 Å². The number of hydrogen-bond donors (Lipinski definition) is 1. The van der Waals surface area contributed by atoms with Gasteiger partial charge in [-0.15, -0.1) is 0 Å². The summed E-state index contributed by atoms with van der Waals surface area (Å²) in [7, 11) is 1.52. The molecule has 0 spiro atoms. The lowest BCUT2D eigenvalue weighted by Gasteiger charge is -2.09. The Balaban J connectivity index is 1.75. The summed E-state index contributed by atoms with van der Waals surface area (Å²) in [5.41, 5.74) is 2.82. The van der Waals surface area contributed by atoms with Gasteiger partial charge in [-0.3, -0.25) is 9.59 Å². The number of rotatable bonds is 5. The van der Waals surface area contributed by atoms with Crippen LogP contribution in [0.25, 0.3) is 11.3 Å². The Morgan fingerprint density at radius 2 is 1.88 bits per heavy atom. The van der Waals surface area contributed by atoms with Crippen molar-refractivity contribution in [2.75, 3.05) is 12.4 Å². The number of anilines is 1. The van der Waals surface area contributed by atoms with Crippen LogP contribution < -0.4 is 15.6 Å². The molecule has 0 aliphatic rings. The molecule has 26 heavy (non-hydrogen) atoms. The molecule has 1 aromatic carbocycles. The minimum atomic E-state index is -0.344. The molecule has 132 valence electrons. The predicted octanol–water partition coefficient (Wildman–Crippen LogP) is 2.26. The molecule has 7 nitrogen and oxygen atoms in total. The molecular formula is C19H18N4O3. The standard InChI is InChI=1S/C19H18N4O3/c1-13-3-5-14(6-4-13)16-11-23(19(25)10-20-16)12-17(24)22-15-7-8-18(26-2)21-9-15/h3-11H,12H2,1-2H3,(H,22,24). The molecule has 1 amide bonds. The van der Waals surface area contributed by atoms with Gasteiger partial charge in [0.2, 0.25) is 11.8 Å². The summed E-state index contributed by atoms with van der Waals surface area (Å²) in [5.74, 6) is 0.121. The summed E-state index contributed by atoms with van der Waals surface area (Å²) in [5, 5.41) is 2.70. The monoisotopic (exact) mass is 350 g/mol. The SMILES string of the molecule is COc1ccc(NC(=O)Cn2cc(-c3ccc(C)cc3)ncc2=O)cn1. The van der Waals surface area contributed by atoms with Crippen LogP contribution in [-0.2, 0) is 11.3 Å². The lowest BCUT2D eigenvalue weighted by molar-refractivity contribution is -0.116. The van der Waals surface area contributed by atoms with E-state index in [0.717, 1.165) is 11.1 Å². The highest BCUT2D eigenvalue weighted by molar-refractivity contribution is 5.90. The summed E-state index contributed by atoms with van der Waals surface area (Å²) >= 11 is 0. The van der Waals surface area contributed by atoms with Gasteiger partial charge in [0.05, 0.1) is 30.9 Å². The fraction of sp³-hybridized carbons (Fsp3) is 0.158. The molecule has 7 heteroatoms. The van der Waals surface area contributed by atoms with Crippen LogP contribution in [0.4, 0.5) is 5.69 Å². The number of aromatic nitrogens is 3. The highest BCUT2D eigenvalue weighted by Gasteiger charge is 2.08. The van der Waals surface area contributed by atoms with Crippen molar-refractivity contribution >= 4 is 11.6 Å². The highest BCUT2D eigenvalue weighted by atomic mass is 16.5.